The Bertz CT molecular complexity index is 543. The molecule has 0 unspecified atom stereocenters. The lowest BCUT2D eigenvalue weighted by molar-refractivity contribution is 0.242. The summed E-state index contributed by atoms with van der Waals surface area (Å²) in [6.07, 6.45) is 0. The third kappa shape index (κ3) is 3.61. The van der Waals surface area contributed by atoms with Gasteiger partial charge < -0.3 is 5.73 Å². The fourth-order valence-corrected chi connectivity index (χ4v) is 3.76. The molecule has 19 heavy (non-hydrogen) atoms. The highest BCUT2D eigenvalue weighted by Crippen LogP contribution is 2.25. The van der Waals surface area contributed by atoms with Crippen molar-refractivity contribution in [1.82, 2.24) is 4.90 Å². The lowest BCUT2D eigenvalue weighted by atomic mass is 10.1. The molecule has 1 fully saturated rings. The summed E-state index contributed by atoms with van der Waals surface area (Å²) in [5.41, 5.74) is 7.62. The van der Waals surface area contributed by atoms with E-state index in [2.05, 4.69) is 4.90 Å². The molecule has 1 aliphatic heterocycles. The van der Waals surface area contributed by atoms with Gasteiger partial charge in [-0.2, -0.15) is 0 Å². The second-order valence-electron chi connectivity index (χ2n) is 5.53. The highest BCUT2D eigenvalue weighted by Gasteiger charge is 2.39. The smallest absolute Gasteiger partial charge is 0.157 e. The molecule has 0 bridgehead atoms. The Labute approximate surface area is 121 Å². The summed E-state index contributed by atoms with van der Waals surface area (Å²) < 4.78 is 23.2. The van der Waals surface area contributed by atoms with Crippen LogP contribution in [0.3, 0.4) is 0 Å². The van der Waals surface area contributed by atoms with Crippen molar-refractivity contribution in [2.45, 2.75) is 25.1 Å². The number of benzene rings is 1. The summed E-state index contributed by atoms with van der Waals surface area (Å²) in [6, 6.07) is 7.74. The summed E-state index contributed by atoms with van der Waals surface area (Å²) in [5, 5.41) is 0. The van der Waals surface area contributed by atoms with Gasteiger partial charge in [0.05, 0.1) is 10.5 Å². The van der Waals surface area contributed by atoms with E-state index in [1.165, 1.54) is 0 Å². The summed E-state index contributed by atoms with van der Waals surface area (Å²) in [7, 11) is -2.96. The SMILES string of the molecule is CC1(C)CN(Cc2cccc(N)c2)CCS1(=O)=O.Cl. The third-order valence-corrected chi connectivity index (χ3v) is 6.01. The Kier molecular flexibility index (Phi) is 4.87. The Morgan fingerprint density at radius 1 is 1.37 bits per heavy atom. The van der Waals surface area contributed by atoms with Crippen LogP contribution in [0.1, 0.15) is 19.4 Å². The molecule has 1 heterocycles. The second kappa shape index (κ2) is 5.69. The summed E-state index contributed by atoms with van der Waals surface area (Å²) in [5.74, 6) is 0.238. The van der Waals surface area contributed by atoms with Crippen molar-refractivity contribution in [3.63, 3.8) is 0 Å². The van der Waals surface area contributed by atoms with E-state index < -0.39 is 14.6 Å². The molecule has 0 saturated carbocycles. The predicted octanol–water partition coefficient (Wildman–Crippen LogP) is 1.70. The zero-order valence-electron chi connectivity index (χ0n) is 11.3. The van der Waals surface area contributed by atoms with Gasteiger partial charge in [-0.15, -0.1) is 12.4 Å². The highest BCUT2D eigenvalue weighted by molar-refractivity contribution is 7.92. The molecule has 1 aromatic carbocycles. The van der Waals surface area contributed by atoms with Crippen LogP contribution in [-0.4, -0.2) is 36.9 Å². The lowest BCUT2D eigenvalue weighted by Gasteiger charge is -2.37. The maximum absolute atomic E-state index is 11.9. The molecule has 2 N–H and O–H groups in total. The molecule has 1 saturated heterocycles. The number of nitrogens with zero attached hydrogens (tertiary/aromatic N) is 1. The molecule has 0 atom stereocenters. The van der Waals surface area contributed by atoms with E-state index in [0.717, 1.165) is 17.8 Å². The molecular weight excluding hydrogens is 284 g/mol. The summed E-state index contributed by atoms with van der Waals surface area (Å²) in [6.45, 7) is 5.52. The van der Waals surface area contributed by atoms with E-state index in [1.54, 1.807) is 13.8 Å². The number of sulfone groups is 1. The van der Waals surface area contributed by atoms with Gasteiger partial charge in [0.2, 0.25) is 0 Å². The first-order chi connectivity index (χ1) is 8.30. The minimum Gasteiger partial charge on any atom is -0.399 e. The van der Waals surface area contributed by atoms with Gasteiger partial charge in [-0.05, 0) is 31.5 Å². The second-order valence-corrected chi connectivity index (χ2v) is 8.28. The zero-order chi connectivity index (χ0) is 13.4. The normalized spacial score (nSPS) is 21.6. The van der Waals surface area contributed by atoms with Gasteiger partial charge in [-0.25, -0.2) is 8.42 Å². The predicted molar refractivity (Wildman–Crippen MR) is 81.2 cm³/mol. The van der Waals surface area contributed by atoms with Crippen LogP contribution < -0.4 is 5.73 Å². The number of nitrogen functional groups attached to an aromatic ring is 1. The molecule has 1 aliphatic rings. The van der Waals surface area contributed by atoms with Crippen molar-refractivity contribution in [3.8, 4) is 0 Å². The molecule has 4 nitrogen and oxygen atoms in total. The minimum absolute atomic E-state index is 0. The maximum atomic E-state index is 11.9. The fourth-order valence-electron chi connectivity index (χ4n) is 2.33. The largest absolute Gasteiger partial charge is 0.399 e. The van der Waals surface area contributed by atoms with Crippen LogP contribution in [0.25, 0.3) is 0 Å². The van der Waals surface area contributed by atoms with Crippen LogP contribution in [0, 0.1) is 0 Å². The molecular formula is C13H21ClN2O2S. The Hall–Kier alpha value is -0.780. The molecule has 0 amide bonds. The molecule has 0 aromatic heterocycles. The number of hydrogen-bond donors (Lipinski definition) is 1. The first-order valence-electron chi connectivity index (χ1n) is 6.09. The molecule has 108 valence electrons. The van der Waals surface area contributed by atoms with Gasteiger partial charge >= 0.3 is 0 Å². The number of hydrogen-bond acceptors (Lipinski definition) is 4. The first-order valence-corrected chi connectivity index (χ1v) is 7.74. The molecule has 2 rings (SSSR count). The van der Waals surface area contributed by atoms with Gasteiger partial charge in [0.15, 0.2) is 9.84 Å². The number of nitrogens with two attached hydrogens (primary N) is 1. The average molecular weight is 305 g/mol. The van der Waals surface area contributed by atoms with E-state index in [1.807, 2.05) is 24.3 Å². The van der Waals surface area contributed by atoms with E-state index in [-0.39, 0.29) is 18.2 Å². The zero-order valence-corrected chi connectivity index (χ0v) is 12.9. The number of anilines is 1. The van der Waals surface area contributed by atoms with Gasteiger partial charge in [-0.3, -0.25) is 4.90 Å². The van der Waals surface area contributed by atoms with Crippen molar-refractivity contribution >= 4 is 27.9 Å². The van der Waals surface area contributed by atoms with Crippen molar-refractivity contribution in [3.05, 3.63) is 29.8 Å². The van der Waals surface area contributed by atoms with Crippen LogP contribution in [0.2, 0.25) is 0 Å². The standard InChI is InChI=1S/C13H20N2O2S.ClH/c1-13(2)10-15(6-7-18(13,16)17)9-11-4-3-5-12(14)8-11;/h3-5,8H,6-7,9-10,14H2,1-2H3;1H. The Balaban J connectivity index is 0.00000180. The maximum Gasteiger partial charge on any atom is 0.157 e. The quantitative estimate of drug-likeness (QED) is 0.845. The van der Waals surface area contributed by atoms with Crippen molar-refractivity contribution in [2.24, 2.45) is 0 Å². The van der Waals surface area contributed by atoms with Crippen molar-refractivity contribution in [1.29, 1.82) is 0 Å². The van der Waals surface area contributed by atoms with Crippen LogP contribution in [0.4, 0.5) is 5.69 Å². The van der Waals surface area contributed by atoms with E-state index in [0.29, 0.717) is 13.1 Å². The Morgan fingerprint density at radius 2 is 2.05 bits per heavy atom. The Morgan fingerprint density at radius 3 is 2.63 bits per heavy atom. The van der Waals surface area contributed by atoms with Gasteiger partial charge in [0.1, 0.15) is 0 Å². The lowest BCUT2D eigenvalue weighted by Crippen LogP contribution is -2.52. The van der Waals surface area contributed by atoms with Crippen molar-refractivity contribution in [2.75, 3.05) is 24.6 Å². The van der Waals surface area contributed by atoms with Gasteiger partial charge in [0.25, 0.3) is 0 Å². The third-order valence-electron chi connectivity index (χ3n) is 3.48. The topological polar surface area (TPSA) is 63.4 Å². The van der Waals surface area contributed by atoms with Crippen LogP contribution in [-0.2, 0) is 16.4 Å². The fraction of sp³-hybridized carbons (Fsp3) is 0.538. The van der Waals surface area contributed by atoms with Crippen LogP contribution in [0.5, 0.6) is 0 Å². The number of rotatable bonds is 2. The summed E-state index contributed by atoms with van der Waals surface area (Å²) in [4.78, 5) is 2.18. The van der Waals surface area contributed by atoms with E-state index in [4.69, 9.17) is 5.73 Å². The molecule has 6 heteroatoms. The van der Waals surface area contributed by atoms with Gasteiger partial charge in [-0.1, -0.05) is 12.1 Å². The average Bonchev–Trinajstić information content (AvgIpc) is 2.24. The minimum atomic E-state index is -2.96. The van der Waals surface area contributed by atoms with Gasteiger partial charge in [0, 0.05) is 25.3 Å². The molecule has 1 aromatic rings. The molecule has 0 radical (unpaired) electrons. The molecule has 0 aliphatic carbocycles. The first kappa shape index (κ1) is 16.3. The van der Waals surface area contributed by atoms with Crippen LogP contribution in [0.15, 0.2) is 24.3 Å². The monoisotopic (exact) mass is 304 g/mol. The van der Waals surface area contributed by atoms with Crippen molar-refractivity contribution < 1.29 is 8.42 Å². The molecule has 0 spiro atoms. The number of halogens is 1. The van der Waals surface area contributed by atoms with E-state index in [9.17, 15) is 8.42 Å². The highest BCUT2D eigenvalue weighted by atomic mass is 35.5. The summed E-state index contributed by atoms with van der Waals surface area (Å²) >= 11 is 0. The van der Waals surface area contributed by atoms with Crippen LogP contribution >= 0.6 is 12.4 Å². The van der Waals surface area contributed by atoms with E-state index >= 15 is 0 Å².